The smallest absolute Gasteiger partial charge is 0.295 e. The molecule has 8 heteroatoms. The quantitative estimate of drug-likeness (QED) is 0.388. The maximum absolute atomic E-state index is 13.3. The Morgan fingerprint density at radius 3 is 2.36 bits per heavy atom. The molecule has 0 radical (unpaired) electrons. The van der Waals surface area contributed by atoms with Gasteiger partial charge in [-0.25, -0.2) is 0 Å². The second-order valence-electron chi connectivity index (χ2n) is 10.4. The van der Waals surface area contributed by atoms with E-state index in [-0.39, 0.29) is 23.5 Å². The molecule has 0 saturated carbocycles. The number of rotatable bonds is 5. The van der Waals surface area contributed by atoms with E-state index < -0.39 is 17.7 Å². The Labute approximate surface area is 211 Å². The number of aliphatic hydroxyl groups is 1. The zero-order chi connectivity index (χ0) is 25.4. The van der Waals surface area contributed by atoms with Crippen LogP contribution in [0.25, 0.3) is 5.76 Å². The van der Waals surface area contributed by atoms with Crippen LogP contribution in [0.3, 0.4) is 0 Å². The molecule has 0 bridgehead atoms. The molecular formula is C28H32N2O6. The van der Waals surface area contributed by atoms with E-state index in [0.717, 1.165) is 24.2 Å². The first-order chi connectivity index (χ1) is 17.2. The molecule has 1 atom stereocenters. The molecule has 0 aliphatic carbocycles. The SMILES string of the molecule is CC(C)(C)c1ccc(C2/C(=C(\O)c3ccc4c(c3)OCO4)C(=O)C(=O)N2CCN2CCOCC2)cc1. The second kappa shape index (κ2) is 9.59. The highest BCUT2D eigenvalue weighted by Gasteiger charge is 2.46. The van der Waals surface area contributed by atoms with Crippen molar-refractivity contribution in [2.24, 2.45) is 0 Å². The highest BCUT2D eigenvalue weighted by Crippen LogP contribution is 2.41. The Bertz CT molecular complexity index is 1190. The van der Waals surface area contributed by atoms with E-state index in [4.69, 9.17) is 14.2 Å². The van der Waals surface area contributed by atoms with Crippen LogP contribution < -0.4 is 9.47 Å². The lowest BCUT2D eigenvalue weighted by molar-refractivity contribution is -0.140. The number of fused-ring (bicyclic) bond motifs is 1. The van der Waals surface area contributed by atoms with Crippen LogP contribution >= 0.6 is 0 Å². The summed E-state index contributed by atoms with van der Waals surface area (Å²) in [7, 11) is 0. The summed E-state index contributed by atoms with van der Waals surface area (Å²) in [6.45, 7) is 10.4. The molecule has 5 rings (SSSR count). The maximum Gasteiger partial charge on any atom is 0.295 e. The first-order valence-electron chi connectivity index (χ1n) is 12.3. The van der Waals surface area contributed by atoms with Gasteiger partial charge < -0.3 is 24.2 Å². The Balaban J connectivity index is 1.54. The van der Waals surface area contributed by atoms with Crippen molar-refractivity contribution in [3.63, 3.8) is 0 Å². The Morgan fingerprint density at radius 1 is 0.972 bits per heavy atom. The second-order valence-corrected chi connectivity index (χ2v) is 10.4. The van der Waals surface area contributed by atoms with Crippen LogP contribution in [0.4, 0.5) is 0 Å². The molecule has 3 aliphatic heterocycles. The summed E-state index contributed by atoms with van der Waals surface area (Å²) in [4.78, 5) is 30.4. The largest absolute Gasteiger partial charge is 0.507 e. The van der Waals surface area contributed by atoms with Crippen LogP contribution in [0.15, 0.2) is 48.0 Å². The summed E-state index contributed by atoms with van der Waals surface area (Å²) in [5, 5.41) is 11.3. The van der Waals surface area contributed by atoms with Crippen molar-refractivity contribution in [3.05, 3.63) is 64.7 Å². The molecule has 0 aromatic heterocycles. The van der Waals surface area contributed by atoms with Crippen LogP contribution in [0, 0.1) is 0 Å². The standard InChI is InChI=1S/C28H32N2O6/c1-28(2,3)20-7-4-18(5-8-20)24-23(25(31)19-6-9-21-22(16-19)36-17-35-21)26(32)27(33)30(24)11-10-29-12-14-34-15-13-29/h4-9,16,24,31H,10-15,17H2,1-3H3/b25-23+. The van der Waals surface area contributed by atoms with Gasteiger partial charge in [0.1, 0.15) is 5.76 Å². The van der Waals surface area contributed by atoms with Crippen molar-refractivity contribution >= 4 is 17.4 Å². The lowest BCUT2D eigenvalue weighted by Gasteiger charge is -2.31. The van der Waals surface area contributed by atoms with Gasteiger partial charge in [0.25, 0.3) is 11.7 Å². The number of carbonyl (C=O) groups is 2. The third-order valence-electron chi connectivity index (χ3n) is 7.04. The molecule has 8 nitrogen and oxygen atoms in total. The number of aliphatic hydroxyl groups excluding tert-OH is 1. The molecule has 190 valence electrons. The average Bonchev–Trinajstić information content (AvgIpc) is 3.44. The molecule has 1 N–H and O–H groups in total. The third-order valence-corrected chi connectivity index (χ3v) is 7.04. The minimum atomic E-state index is -0.689. The van der Waals surface area contributed by atoms with Gasteiger partial charge in [-0.2, -0.15) is 0 Å². The summed E-state index contributed by atoms with van der Waals surface area (Å²) >= 11 is 0. The lowest BCUT2D eigenvalue weighted by atomic mass is 9.85. The highest BCUT2D eigenvalue weighted by atomic mass is 16.7. The molecule has 0 spiro atoms. The van der Waals surface area contributed by atoms with E-state index >= 15 is 0 Å². The number of ketones is 1. The molecule has 36 heavy (non-hydrogen) atoms. The Kier molecular flexibility index (Phi) is 6.49. The van der Waals surface area contributed by atoms with Gasteiger partial charge in [0.15, 0.2) is 11.5 Å². The summed E-state index contributed by atoms with van der Waals surface area (Å²) < 4.78 is 16.3. The van der Waals surface area contributed by atoms with Crippen molar-refractivity contribution in [1.29, 1.82) is 0 Å². The van der Waals surface area contributed by atoms with Crippen LogP contribution in [0.2, 0.25) is 0 Å². The summed E-state index contributed by atoms with van der Waals surface area (Å²) in [6, 6.07) is 12.3. The first kappa shape index (κ1) is 24.3. The average molecular weight is 493 g/mol. The predicted molar refractivity (Wildman–Crippen MR) is 134 cm³/mol. The number of carbonyl (C=O) groups excluding carboxylic acids is 2. The van der Waals surface area contributed by atoms with Gasteiger partial charge in [-0.05, 0) is 34.7 Å². The van der Waals surface area contributed by atoms with Gasteiger partial charge in [0.2, 0.25) is 6.79 Å². The van der Waals surface area contributed by atoms with Crippen molar-refractivity contribution in [2.75, 3.05) is 46.2 Å². The minimum Gasteiger partial charge on any atom is -0.507 e. The monoisotopic (exact) mass is 492 g/mol. The highest BCUT2D eigenvalue weighted by molar-refractivity contribution is 6.46. The van der Waals surface area contributed by atoms with Crippen LogP contribution in [0.1, 0.15) is 43.5 Å². The third kappa shape index (κ3) is 4.58. The molecule has 3 heterocycles. The number of morpholine rings is 1. The van der Waals surface area contributed by atoms with Gasteiger partial charge in [0, 0.05) is 31.7 Å². The van der Waals surface area contributed by atoms with Gasteiger partial charge in [-0.15, -0.1) is 0 Å². The van der Waals surface area contributed by atoms with Gasteiger partial charge in [-0.1, -0.05) is 45.0 Å². The molecule has 2 fully saturated rings. The molecule has 3 aliphatic rings. The molecule has 1 amide bonds. The number of ether oxygens (including phenoxy) is 3. The van der Waals surface area contributed by atoms with Gasteiger partial charge in [-0.3, -0.25) is 14.5 Å². The van der Waals surface area contributed by atoms with E-state index in [2.05, 4.69) is 25.7 Å². The number of nitrogens with zero attached hydrogens (tertiary/aromatic N) is 2. The fourth-order valence-electron chi connectivity index (χ4n) is 4.90. The fourth-order valence-corrected chi connectivity index (χ4v) is 4.90. The number of benzene rings is 2. The molecule has 2 aromatic carbocycles. The van der Waals surface area contributed by atoms with Crippen LogP contribution in [0.5, 0.6) is 11.5 Å². The zero-order valence-electron chi connectivity index (χ0n) is 21.0. The van der Waals surface area contributed by atoms with E-state index in [9.17, 15) is 14.7 Å². The van der Waals surface area contributed by atoms with Crippen molar-refractivity contribution < 1.29 is 28.9 Å². The zero-order valence-corrected chi connectivity index (χ0v) is 21.0. The predicted octanol–water partition coefficient (Wildman–Crippen LogP) is 3.47. The number of hydrogen-bond acceptors (Lipinski definition) is 7. The summed E-state index contributed by atoms with van der Waals surface area (Å²) in [5.41, 5.74) is 2.38. The fraction of sp³-hybridized carbons (Fsp3) is 0.429. The normalized spacial score (nSPS) is 21.9. The summed E-state index contributed by atoms with van der Waals surface area (Å²) in [6.07, 6.45) is 0. The van der Waals surface area contributed by atoms with Crippen molar-refractivity contribution in [1.82, 2.24) is 9.80 Å². The number of likely N-dealkylation sites (tertiary alicyclic amines) is 1. The maximum atomic E-state index is 13.3. The van der Waals surface area contributed by atoms with Crippen molar-refractivity contribution in [3.8, 4) is 11.5 Å². The Morgan fingerprint density at radius 2 is 1.67 bits per heavy atom. The number of amides is 1. The summed E-state index contributed by atoms with van der Waals surface area (Å²) in [5.74, 6) is -0.434. The van der Waals surface area contributed by atoms with Crippen LogP contribution in [-0.2, 0) is 19.7 Å². The Hall–Kier alpha value is -3.36. The van der Waals surface area contributed by atoms with Crippen molar-refractivity contribution in [2.45, 2.75) is 32.2 Å². The first-order valence-corrected chi connectivity index (χ1v) is 12.3. The van der Waals surface area contributed by atoms with Gasteiger partial charge in [0.05, 0.1) is 24.8 Å². The van der Waals surface area contributed by atoms with Crippen LogP contribution in [-0.4, -0.2) is 72.8 Å². The van der Waals surface area contributed by atoms with E-state index in [1.807, 2.05) is 24.3 Å². The van der Waals surface area contributed by atoms with Gasteiger partial charge >= 0.3 is 0 Å². The molecule has 2 saturated heterocycles. The van der Waals surface area contributed by atoms with E-state index in [1.165, 1.54) is 0 Å². The molecule has 2 aromatic rings. The molecular weight excluding hydrogens is 460 g/mol. The van der Waals surface area contributed by atoms with E-state index in [0.29, 0.717) is 43.4 Å². The molecule has 1 unspecified atom stereocenters. The lowest BCUT2D eigenvalue weighted by Crippen LogP contribution is -2.42. The number of hydrogen-bond donors (Lipinski definition) is 1. The number of Topliss-reactive ketones (excluding diaryl/α,β-unsaturated/α-hetero) is 1. The topological polar surface area (TPSA) is 88.5 Å². The minimum absolute atomic E-state index is 0.0385. The van der Waals surface area contributed by atoms with E-state index in [1.54, 1.807) is 23.1 Å².